The highest BCUT2D eigenvalue weighted by Gasteiger charge is 2.19. The van der Waals surface area contributed by atoms with Gasteiger partial charge in [-0.05, 0) is 39.5 Å². The molecule has 0 fully saturated rings. The zero-order valence-electron chi connectivity index (χ0n) is 14.8. The van der Waals surface area contributed by atoms with E-state index in [9.17, 15) is 9.46 Å². The third kappa shape index (κ3) is 20.6. The van der Waals surface area contributed by atoms with Crippen molar-refractivity contribution >= 4 is 25.2 Å². The molecule has 0 aromatic heterocycles. The van der Waals surface area contributed by atoms with Gasteiger partial charge in [0.1, 0.15) is 0 Å². The van der Waals surface area contributed by atoms with Gasteiger partial charge in [-0.2, -0.15) is 0 Å². The Hall–Kier alpha value is 0.562. The van der Waals surface area contributed by atoms with Gasteiger partial charge in [0.25, 0.3) is 0 Å². The van der Waals surface area contributed by atoms with E-state index in [2.05, 4.69) is 0 Å². The van der Waals surface area contributed by atoms with Gasteiger partial charge in [0.05, 0.1) is 13.2 Å². The first kappa shape index (κ1) is 26.8. The summed E-state index contributed by atoms with van der Waals surface area (Å²) in [5.74, 6) is 0. The Kier molecular flexibility index (Phi) is 22.2. The van der Waals surface area contributed by atoms with Gasteiger partial charge in [0, 0.05) is 26.4 Å². The van der Waals surface area contributed by atoms with Crippen molar-refractivity contribution in [3.05, 3.63) is 0 Å². The summed E-state index contributed by atoms with van der Waals surface area (Å²) in [4.78, 5) is 9.53. The van der Waals surface area contributed by atoms with Crippen LogP contribution in [0.1, 0.15) is 65.2 Å². The molecule has 0 bridgehead atoms. The van der Waals surface area contributed by atoms with Gasteiger partial charge in [-0.1, -0.05) is 25.7 Å². The largest absolute Gasteiger partial charge is 0.472 e. The molecule has 0 rings (SSSR count). The van der Waals surface area contributed by atoms with Crippen molar-refractivity contribution < 1.29 is 28.0 Å². The predicted octanol–water partition coefficient (Wildman–Crippen LogP) is 3.13. The molecule has 0 unspecified atom stereocenters. The lowest BCUT2D eigenvalue weighted by molar-refractivity contribution is 0.135. The van der Waals surface area contributed by atoms with Crippen LogP contribution < -0.4 is 0 Å². The maximum absolute atomic E-state index is 11.6. The van der Waals surface area contributed by atoms with E-state index in [4.69, 9.17) is 18.5 Å². The van der Waals surface area contributed by atoms with Crippen molar-refractivity contribution in [3.63, 3.8) is 0 Å². The maximum atomic E-state index is 11.6. The van der Waals surface area contributed by atoms with Crippen molar-refractivity contribution in [1.29, 1.82) is 0 Å². The second kappa shape index (κ2) is 19.9. The first-order valence-corrected chi connectivity index (χ1v) is 10.4. The summed E-state index contributed by atoms with van der Waals surface area (Å²) in [5.41, 5.74) is 0. The fraction of sp³-hybridized carbons (Fsp3) is 1.00. The standard InChI is InChI=1S/C16H35O6P.Al.3H/c1-3-19-13-9-5-7-11-15-21-23(17,18)22-16-12-8-6-10-14-20-4-2;;;;/h3-16H2,1-2H3,(H,17,18);;;;. The molecule has 0 aliphatic heterocycles. The normalized spacial score (nSPS) is 11.5. The fourth-order valence-electron chi connectivity index (χ4n) is 2.01. The molecule has 0 atom stereocenters. The monoisotopic (exact) mass is 384 g/mol. The quantitative estimate of drug-likeness (QED) is 0.222. The Bertz CT molecular complexity index is 270. The molecule has 0 saturated carbocycles. The Morgan fingerprint density at radius 3 is 1.33 bits per heavy atom. The van der Waals surface area contributed by atoms with Crippen LogP contribution in [-0.4, -0.2) is 61.9 Å². The highest BCUT2D eigenvalue weighted by Crippen LogP contribution is 2.43. The summed E-state index contributed by atoms with van der Waals surface area (Å²) in [6, 6.07) is 0. The van der Waals surface area contributed by atoms with E-state index in [0.717, 1.165) is 77.8 Å². The number of hydrogen-bond acceptors (Lipinski definition) is 5. The molecule has 6 nitrogen and oxygen atoms in total. The lowest BCUT2D eigenvalue weighted by atomic mass is 10.2. The fourth-order valence-corrected chi connectivity index (χ4v) is 2.80. The van der Waals surface area contributed by atoms with Crippen molar-refractivity contribution in [2.75, 3.05) is 39.6 Å². The molecule has 146 valence electrons. The molecule has 0 aromatic rings. The highest BCUT2D eigenvalue weighted by atomic mass is 31.2. The van der Waals surface area contributed by atoms with Crippen molar-refractivity contribution in [3.8, 4) is 0 Å². The summed E-state index contributed by atoms with van der Waals surface area (Å²) in [6.45, 7) is 7.54. The van der Waals surface area contributed by atoms with Gasteiger partial charge in [0.2, 0.25) is 0 Å². The molecule has 8 heteroatoms. The number of ether oxygens (including phenoxy) is 2. The van der Waals surface area contributed by atoms with Crippen molar-refractivity contribution in [2.24, 2.45) is 0 Å². The second-order valence-electron chi connectivity index (χ2n) is 5.36. The lowest BCUT2D eigenvalue weighted by Gasteiger charge is -2.12. The van der Waals surface area contributed by atoms with Crippen LogP contribution in [0.2, 0.25) is 0 Å². The van der Waals surface area contributed by atoms with Gasteiger partial charge in [-0.3, -0.25) is 9.05 Å². The Balaban J connectivity index is 0. The minimum absolute atomic E-state index is 0. The summed E-state index contributed by atoms with van der Waals surface area (Å²) in [5, 5.41) is 0. The molecular formula is C16H38AlO6P. The van der Waals surface area contributed by atoms with Crippen molar-refractivity contribution in [2.45, 2.75) is 65.2 Å². The molecule has 0 aliphatic carbocycles. The Labute approximate surface area is 158 Å². The van der Waals surface area contributed by atoms with E-state index in [-0.39, 0.29) is 30.6 Å². The minimum Gasteiger partial charge on any atom is -0.382 e. The number of phosphoric acid groups is 1. The highest BCUT2D eigenvalue weighted by molar-refractivity contribution is 7.47. The summed E-state index contributed by atoms with van der Waals surface area (Å²) < 4.78 is 32.0. The van der Waals surface area contributed by atoms with E-state index in [1.165, 1.54) is 0 Å². The van der Waals surface area contributed by atoms with Crippen LogP contribution in [0.4, 0.5) is 0 Å². The van der Waals surface area contributed by atoms with Crippen LogP contribution in [0.25, 0.3) is 0 Å². The predicted molar refractivity (Wildman–Crippen MR) is 102 cm³/mol. The minimum atomic E-state index is -3.87. The van der Waals surface area contributed by atoms with Crippen LogP contribution >= 0.6 is 7.82 Å². The number of hydrogen-bond donors (Lipinski definition) is 1. The van der Waals surface area contributed by atoms with E-state index in [0.29, 0.717) is 0 Å². The van der Waals surface area contributed by atoms with Crippen LogP contribution in [0, 0.1) is 0 Å². The van der Waals surface area contributed by atoms with E-state index in [1.807, 2.05) is 13.8 Å². The zero-order chi connectivity index (χ0) is 17.2. The average Bonchev–Trinajstić information content (AvgIpc) is 2.52. The molecule has 0 spiro atoms. The summed E-state index contributed by atoms with van der Waals surface area (Å²) in [6.07, 6.45) is 7.58. The number of phosphoric ester groups is 1. The molecule has 0 aliphatic rings. The molecule has 24 heavy (non-hydrogen) atoms. The van der Waals surface area contributed by atoms with E-state index >= 15 is 0 Å². The van der Waals surface area contributed by atoms with Gasteiger partial charge >= 0.3 is 7.82 Å². The second-order valence-corrected chi connectivity index (χ2v) is 6.81. The van der Waals surface area contributed by atoms with Crippen LogP contribution in [0.3, 0.4) is 0 Å². The van der Waals surface area contributed by atoms with Crippen LogP contribution in [0.15, 0.2) is 0 Å². The van der Waals surface area contributed by atoms with Crippen LogP contribution in [-0.2, 0) is 23.1 Å². The van der Waals surface area contributed by atoms with Gasteiger partial charge in [0.15, 0.2) is 17.4 Å². The molecule has 0 amide bonds. The van der Waals surface area contributed by atoms with Gasteiger partial charge < -0.3 is 14.4 Å². The van der Waals surface area contributed by atoms with Crippen LogP contribution in [0.5, 0.6) is 0 Å². The third-order valence-corrected chi connectivity index (χ3v) is 4.30. The smallest absolute Gasteiger partial charge is 0.382 e. The number of unbranched alkanes of at least 4 members (excludes halogenated alkanes) is 6. The molecule has 0 saturated heterocycles. The molecule has 0 radical (unpaired) electrons. The first-order chi connectivity index (χ1) is 11.1. The molecule has 0 aromatic carbocycles. The van der Waals surface area contributed by atoms with Gasteiger partial charge in [-0.15, -0.1) is 0 Å². The maximum Gasteiger partial charge on any atom is 0.472 e. The molecule has 0 heterocycles. The summed E-state index contributed by atoms with van der Waals surface area (Å²) in [7, 11) is -3.87. The van der Waals surface area contributed by atoms with E-state index in [1.54, 1.807) is 0 Å². The van der Waals surface area contributed by atoms with E-state index < -0.39 is 7.82 Å². The van der Waals surface area contributed by atoms with Crippen molar-refractivity contribution in [1.82, 2.24) is 0 Å². The lowest BCUT2D eigenvalue weighted by Crippen LogP contribution is -2.00. The average molecular weight is 384 g/mol. The van der Waals surface area contributed by atoms with Gasteiger partial charge in [-0.25, -0.2) is 4.57 Å². The molecule has 1 N–H and O–H groups in total. The topological polar surface area (TPSA) is 74.2 Å². The summed E-state index contributed by atoms with van der Waals surface area (Å²) >= 11 is 0. The number of rotatable bonds is 18. The molecular weight excluding hydrogens is 346 g/mol. The zero-order valence-corrected chi connectivity index (χ0v) is 15.7. The third-order valence-electron chi connectivity index (χ3n) is 3.28. The SMILES string of the molecule is CCOCCCCCCOP(=O)(O)OCCCCCCOCC.[AlH3]. The first-order valence-electron chi connectivity index (χ1n) is 8.89. The Morgan fingerprint density at radius 2 is 1.00 bits per heavy atom. The Morgan fingerprint density at radius 1 is 0.667 bits per heavy atom.